The highest BCUT2D eigenvalue weighted by Gasteiger charge is 2.08. The summed E-state index contributed by atoms with van der Waals surface area (Å²) in [4.78, 5) is 25.9. The molecule has 21 heavy (non-hydrogen) atoms. The summed E-state index contributed by atoms with van der Waals surface area (Å²) in [7, 11) is 0. The number of aromatic amines is 1. The van der Waals surface area contributed by atoms with Gasteiger partial charge in [0.25, 0.3) is 11.5 Å². The predicted molar refractivity (Wildman–Crippen MR) is 80.6 cm³/mol. The fourth-order valence-corrected chi connectivity index (χ4v) is 1.79. The average molecular weight is 281 g/mol. The highest BCUT2D eigenvalue weighted by atomic mass is 16.2. The van der Waals surface area contributed by atoms with Gasteiger partial charge in [0.1, 0.15) is 5.56 Å². The minimum absolute atomic E-state index is 0.0941. The molecule has 0 saturated carbocycles. The van der Waals surface area contributed by atoms with Gasteiger partial charge in [0, 0.05) is 18.3 Å². The minimum Gasteiger partial charge on any atom is -0.348 e. The molecular weight excluding hydrogens is 266 g/mol. The molecule has 2 aromatic rings. The lowest BCUT2D eigenvalue weighted by atomic mass is 10.1. The molecule has 0 spiro atoms. The van der Waals surface area contributed by atoms with Gasteiger partial charge in [0.15, 0.2) is 0 Å². The molecule has 106 valence electrons. The van der Waals surface area contributed by atoms with E-state index >= 15 is 0 Å². The first-order chi connectivity index (χ1) is 10.2. The summed E-state index contributed by atoms with van der Waals surface area (Å²) < 4.78 is 0. The van der Waals surface area contributed by atoms with Crippen LogP contribution in [0.5, 0.6) is 0 Å². The molecule has 0 unspecified atom stereocenters. The minimum atomic E-state index is -0.407. The number of benzene rings is 1. The van der Waals surface area contributed by atoms with Gasteiger partial charge in [-0.3, -0.25) is 9.59 Å². The van der Waals surface area contributed by atoms with E-state index in [0.29, 0.717) is 13.1 Å². The van der Waals surface area contributed by atoms with Gasteiger partial charge >= 0.3 is 0 Å². The van der Waals surface area contributed by atoms with Crippen molar-refractivity contribution in [3.05, 3.63) is 69.6 Å². The van der Waals surface area contributed by atoms with Crippen molar-refractivity contribution in [3.8, 4) is 11.8 Å². The Bertz CT molecular complexity index is 754. The van der Waals surface area contributed by atoms with Crippen molar-refractivity contribution in [2.45, 2.75) is 6.54 Å². The third kappa shape index (κ3) is 4.06. The average Bonchev–Trinajstić information content (AvgIpc) is 2.51. The van der Waals surface area contributed by atoms with Gasteiger partial charge in [-0.1, -0.05) is 24.0 Å². The SMILES string of the molecule is NCC#Cc1cccc(CNC(=O)c2ccc[nH]c2=O)c1. The van der Waals surface area contributed by atoms with E-state index in [1.54, 1.807) is 6.07 Å². The number of nitrogens with two attached hydrogens (primary N) is 1. The Labute approximate surface area is 122 Å². The van der Waals surface area contributed by atoms with Crippen molar-refractivity contribution < 1.29 is 4.79 Å². The quantitative estimate of drug-likeness (QED) is 0.720. The molecule has 0 atom stereocenters. The number of carbonyl (C=O) groups is 1. The van der Waals surface area contributed by atoms with Crippen LogP contribution in [0.3, 0.4) is 0 Å². The van der Waals surface area contributed by atoms with E-state index in [-0.39, 0.29) is 5.56 Å². The molecule has 0 bridgehead atoms. The summed E-state index contributed by atoms with van der Waals surface area (Å²) in [5, 5.41) is 2.71. The van der Waals surface area contributed by atoms with E-state index in [2.05, 4.69) is 22.1 Å². The van der Waals surface area contributed by atoms with Crippen LogP contribution in [-0.4, -0.2) is 17.4 Å². The molecule has 1 heterocycles. The second-order valence-electron chi connectivity index (χ2n) is 4.30. The van der Waals surface area contributed by atoms with Gasteiger partial charge in [-0.2, -0.15) is 0 Å². The van der Waals surface area contributed by atoms with Gasteiger partial charge in [0.05, 0.1) is 6.54 Å². The van der Waals surface area contributed by atoms with E-state index in [4.69, 9.17) is 5.73 Å². The number of carbonyl (C=O) groups excluding carboxylic acids is 1. The van der Waals surface area contributed by atoms with Crippen LogP contribution < -0.4 is 16.6 Å². The standard InChI is InChI=1S/C16H15N3O2/c17-8-2-6-12-4-1-5-13(10-12)11-19-16(21)14-7-3-9-18-15(14)20/h1,3-5,7,9-10H,8,11,17H2,(H,18,20)(H,19,21). The third-order valence-electron chi connectivity index (χ3n) is 2.78. The number of pyridine rings is 1. The Morgan fingerprint density at radius 3 is 2.90 bits per heavy atom. The fraction of sp³-hybridized carbons (Fsp3) is 0.125. The number of hydrogen-bond acceptors (Lipinski definition) is 3. The van der Waals surface area contributed by atoms with E-state index in [0.717, 1.165) is 11.1 Å². The van der Waals surface area contributed by atoms with Crippen molar-refractivity contribution >= 4 is 5.91 Å². The van der Waals surface area contributed by atoms with Crippen LogP contribution in [0.2, 0.25) is 0 Å². The molecule has 0 aliphatic carbocycles. The van der Waals surface area contributed by atoms with Crippen LogP contribution >= 0.6 is 0 Å². The zero-order valence-electron chi connectivity index (χ0n) is 11.3. The third-order valence-corrected chi connectivity index (χ3v) is 2.78. The summed E-state index contributed by atoms with van der Waals surface area (Å²) in [6.45, 7) is 0.628. The first-order valence-electron chi connectivity index (χ1n) is 6.44. The summed E-state index contributed by atoms with van der Waals surface area (Å²) >= 11 is 0. The number of hydrogen-bond donors (Lipinski definition) is 3. The highest BCUT2D eigenvalue weighted by Crippen LogP contribution is 2.04. The number of rotatable bonds is 3. The maximum absolute atomic E-state index is 11.9. The molecule has 1 aromatic carbocycles. The zero-order chi connectivity index (χ0) is 15.1. The normalized spacial score (nSPS) is 9.57. The van der Waals surface area contributed by atoms with Gasteiger partial charge in [-0.05, 0) is 29.8 Å². The highest BCUT2D eigenvalue weighted by molar-refractivity contribution is 5.93. The van der Waals surface area contributed by atoms with Crippen LogP contribution in [0.25, 0.3) is 0 Å². The Hall–Kier alpha value is -2.84. The Morgan fingerprint density at radius 1 is 1.29 bits per heavy atom. The number of aromatic nitrogens is 1. The van der Waals surface area contributed by atoms with E-state index in [9.17, 15) is 9.59 Å². The van der Waals surface area contributed by atoms with Gasteiger partial charge in [0.2, 0.25) is 0 Å². The lowest BCUT2D eigenvalue weighted by molar-refractivity contribution is 0.0949. The van der Waals surface area contributed by atoms with Crippen molar-refractivity contribution in [1.82, 2.24) is 10.3 Å². The van der Waals surface area contributed by atoms with Crippen molar-refractivity contribution in [2.75, 3.05) is 6.54 Å². The Balaban J connectivity index is 2.05. The van der Waals surface area contributed by atoms with E-state index in [1.807, 2.05) is 24.3 Å². The van der Waals surface area contributed by atoms with Crippen LogP contribution in [0.1, 0.15) is 21.5 Å². The summed E-state index contributed by atoms with van der Waals surface area (Å²) in [6.07, 6.45) is 1.48. The molecule has 4 N–H and O–H groups in total. The molecule has 0 radical (unpaired) electrons. The predicted octanol–water partition coefficient (Wildman–Crippen LogP) is 0.615. The largest absolute Gasteiger partial charge is 0.348 e. The lowest BCUT2D eigenvalue weighted by Gasteiger charge is -2.05. The maximum Gasteiger partial charge on any atom is 0.260 e. The van der Waals surface area contributed by atoms with Crippen molar-refractivity contribution in [3.63, 3.8) is 0 Å². The van der Waals surface area contributed by atoms with Gasteiger partial charge in [-0.15, -0.1) is 0 Å². The molecule has 2 rings (SSSR count). The first kappa shape index (κ1) is 14.6. The maximum atomic E-state index is 11.9. The van der Waals surface area contributed by atoms with Crippen LogP contribution in [0.4, 0.5) is 0 Å². The van der Waals surface area contributed by atoms with Crippen LogP contribution in [-0.2, 0) is 6.54 Å². The van der Waals surface area contributed by atoms with Gasteiger partial charge < -0.3 is 16.0 Å². The number of amides is 1. The summed E-state index contributed by atoms with van der Waals surface area (Å²) in [5.74, 6) is 5.30. The van der Waals surface area contributed by atoms with Gasteiger partial charge in [-0.25, -0.2) is 0 Å². The molecule has 0 aliphatic rings. The molecule has 1 amide bonds. The molecular formula is C16H15N3O2. The summed E-state index contributed by atoms with van der Waals surface area (Å²) in [6, 6.07) is 10.6. The fourth-order valence-electron chi connectivity index (χ4n) is 1.79. The molecule has 1 aromatic heterocycles. The monoisotopic (exact) mass is 281 g/mol. The van der Waals surface area contributed by atoms with Crippen molar-refractivity contribution in [1.29, 1.82) is 0 Å². The Kier molecular flexibility index (Phi) is 4.91. The van der Waals surface area contributed by atoms with Crippen LogP contribution in [0.15, 0.2) is 47.4 Å². The van der Waals surface area contributed by atoms with E-state index in [1.165, 1.54) is 12.3 Å². The molecule has 5 nitrogen and oxygen atoms in total. The number of nitrogens with one attached hydrogen (secondary N) is 2. The molecule has 0 aliphatic heterocycles. The zero-order valence-corrected chi connectivity index (χ0v) is 11.3. The first-order valence-corrected chi connectivity index (χ1v) is 6.44. The second kappa shape index (κ2) is 7.08. The molecule has 0 fully saturated rings. The molecule has 5 heteroatoms. The second-order valence-corrected chi connectivity index (χ2v) is 4.30. The molecule has 0 saturated heterocycles. The topological polar surface area (TPSA) is 88.0 Å². The summed E-state index contributed by atoms with van der Waals surface area (Å²) in [5.41, 5.74) is 6.76. The number of H-pyrrole nitrogens is 1. The lowest BCUT2D eigenvalue weighted by Crippen LogP contribution is -2.28. The van der Waals surface area contributed by atoms with Crippen molar-refractivity contribution in [2.24, 2.45) is 5.73 Å². The van der Waals surface area contributed by atoms with E-state index < -0.39 is 11.5 Å². The Morgan fingerprint density at radius 2 is 2.14 bits per heavy atom. The smallest absolute Gasteiger partial charge is 0.260 e. The van der Waals surface area contributed by atoms with Crippen LogP contribution in [0, 0.1) is 11.8 Å².